The fourth-order valence-corrected chi connectivity index (χ4v) is 3.15. The van der Waals surface area contributed by atoms with Gasteiger partial charge < -0.3 is 9.47 Å². The first-order chi connectivity index (χ1) is 13.2. The summed E-state index contributed by atoms with van der Waals surface area (Å²) < 4.78 is 15.0. The van der Waals surface area contributed by atoms with Gasteiger partial charge in [0.25, 0.3) is 5.56 Å². The van der Waals surface area contributed by atoms with E-state index >= 15 is 0 Å². The molecule has 0 bridgehead atoms. The Kier molecular flexibility index (Phi) is 4.54. The van der Waals surface area contributed by atoms with Crippen LogP contribution in [-0.4, -0.2) is 28.8 Å². The second kappa shape index (κ2) is 7.15. The van der Waals surface area contributed by atoms with Crippen molar-refractivity contribution in [3.63, 3.8) is 0 Å². The van der Waals surface area contributed by atoms with E-state index in [1.807, 2.05) is 67.2 Å². The molecule has 2 aromatic carbocycles. The highest BCUT2D eigenvalue weighted by Gasteiger charge is 2.16. The van der Waals surface area contributed by atoms with Crippen LogP contribution in [0.3, 0.4) is 0 Å². The number of aromatic nitrogens is 2. The predicted molar refractivity (Wildman–Crippen MR) is 105 cm³/mol. The lowest BCUT2D eigenvalue weighted by molar-refractivity contribution is 0.297. The maximum absolute atomic E-state index is 12.9. The molecule has 1 aliphatic rings. The zero-order valence-electron chi connectivity index (χ0n) is 15.4. The lowest BCUT2D eigenvalue weighted by Crippen LogP contribution is -2.19. The van der Waals surface area contributed by atoms with Crippen molar-refractivity contribution in [3.05, 3.63) is 70.1 Å². The molecule has 1 aliphatic heterocycles. The summed E-state index contributed by atoms with van der Waals surface area (Å²) in [5.41, 5.74) is 2.65. The van der Waals surface area contributed by atoms with E-state index < -0.39 is 0 Å². The van der Waals surface area contributed by atoms with Crippen LogP contribution in [0.5, 0.6) is 11.5 Å². The van der Waals surface area contributed by atoms with E-state index in [1.165, 1.54) is 0 Å². The smallest absolute Gasteiger partial charge is 0.297 e. The van der Waals surface area contributed by atoms with Gasteiger partial charge in [0, 0.05) is 25.2 Å². The number of aliphatic imine (C=N–C) groups is 1. The SMILES string of the molecule is Cc1c(N=Cc2cccc3c2OCCCO3)c(=O)n(-c2ccccc2)n1C. The molecule has 0 saturated carbocycles. The number of hydrogen-bond acceptors (Lipinski definition) is 4. The molecule has 4 rings (SSSR count). The Balaban J connectivity index is 1.75. The lowest BCUT2D eigenvalue weighted by atomic mass is 10.2. The summed E-state index contributed by atoms with van der Waals surface area (Å²) in [5.74, 6) is 1.39. The third kappa shape index (κ3) is 3.14. The molecule has 0 N–H and O–H groups in total. The second-order valence-corrected chi connectivity index (χ2v) is 6.39. The largest absolute Gasteiger partial charge is 0.490 e. The summed E-state index contributed by atoms with van der Waals surface area (Å²) in [4.78, 5) is 17.5. The minimum Gasteiger partial charge on any atom is -0.490 e. The monoisotopic (exact) mass is 363 g/mol. The van der Waals surface area contributed by atoms with Crippen LogP contribution in [-0.2, 0) is 7.05 Å². The zero-order valence-corrected chi connectivity index (χ0v) is 15.4. The molecule has 0 saturated heterocycles. The summed E-state index contributed by atoms with van der Waals surface area (Å²) in [6.07, 6.45) is 2.51. The average molecular weight is 363 g/mol. The Hall–Kier alpha value is -3.28. The highest BCUT2D eigenvalue weighted by atomic mass is 16.5. The predicted octanol–water partition coefficient (Wildman–Crippen LogP) is 3.40. The van der Waals surface area contributed by atoms with Crippen LogP contribution < -0.4 is 15.0 Å². The van der Waals surface area contributed by atoms with Crippen LogP contribution in [0.1, 0.15) is 17.7 Å². The van der Waals surface area contributed by atoms with Crippen molar-refractivity contribution >= 4 is 11.9 Å². The Labute approximate surface area is 157 Å². The van der Waals surface area contributed by atoms with Crippen molar-refractivity contribution < 1.29 is 9.47 Å². The Morgan fingerprint density at radius 1 is 1.04 bits per heavy atom. The first kappa shape index (κ1) is 17.1. The number of fused-ring (bicyclic) bond motifs is 1. The maximum Gasteiger partial charge on any atom is 0.297 e. The minimum absolute atomic E-state index is 0.156. The number of benzene rings is 2. The molecule has 0 unspecified atom stereocenters. The molecule has 6 heteroatoms. The molecule has 0 amide bonds. The van der Waals surface area contributed by atoms with Gasteiger partial charge in [-0.3, -0.25) is 9.48 Å². The van der Waals surface area contributed by atoms with E-state index in [1.54, 1.807) is 10.9 Å². The fourth-order valence-electron chi connectivity index (χ4n) is 3.15. The van der Waals surface area contributed by atoms with Gasteiger partial charge in [-0.25, -0.2) is 9.67 Å². The van der Waals surface area contributed by atoms with E-state index in [9.17, 15) is 4.79 Å². The normalized spacial score (nSPS) is 13.7. The van der Waals surface area contributed by atoms with Crippen LogP contribution in [0.4, 0.5) is 5.69 Å². The molecule has 0 spiro atoms. The average Bonchev–Trinajstić information content (AvgIpc) is 2.86. The first-order valence-electron chi connectivity index (χ1n) is 8.93. The Morgan fingerprint density at radius 2 is 1.81 bits per heavy atom. The van der Waals surface area contributed by atoms with Crippen molar-refractivity contribution in [2.75, 3.05) is 13.2 Å². The third-order valence-electron chi connectivity index (χ3n) is 4.66. The van der Waals surface area contributed by atoms with Crippen LogP contribution in [0.25, 0.3) is 5.69 Å². The summed E-state index contributed by atoms with van der Waals surface area (Å²) in [6, 6.07) is 15.2. The van der Waals surface area contributed by atoms with E-state index in [0.29, 0.717) is 30.4 Å². The Bertz CT molecular complexity index is 1050. The van der Waals surface area contributed by atoms with E-state index in [4.69, 9.17) is 9.47 Å². The van der Waals surface area contributed by atoms with Crippen molar-refractivity contribution in [1.82, 2.24) is 9.36 Å². The van der Waals surface area contributed by atoms with Gasteiger partial charge in [0.05, 0.1) is 24.6 Å². The summed E-state index contributed by atoms with van der Waals surface area (Å²) >= 11 is 0. The quantitative estimate of drug-likeness (QED) is 0.670. The number of para-hydroxylation sites is 2. The van der Waals surface area contributed by atoms with Gasteiger partial charge in [0.1, 0.15) is 0 Å². The van der Waals surface area contributed by atoms with Crippen LogP contribution in [0.2, 0.25) is 0 Å². The molecule has 0 atom stereocenters. The van der Waals surface area contributed by atoms with Gasteiger partial charge in [0.15, 0.2) is 17.2 Å². The number of hydrogen-bond donors (Lipinski definition) is 0. The molecule has 6 nitrogen and oxygen atoms in total. The number of rotatable bonds is 3. The molecule has 0 radical (unpaired) electrons. The summed E-state index contributed by atoms with van der Waals surface area (Å²) in [5, 5.41) is 0. The van der Waals surface area contributed by atoms with Crippen molar-refractivity contribution in [2.24, 2.45) is 12.0 Å². The van der Waals surface area contributed by atoms with E-state index in [0.717, 1.165) is 23.4 Å². The van der Waals surface area contributed by atoms with E-state index in [2.05, 4.69) is 4.99 Å². The minimum atomic E-state index is -0.156. The molecule has 3 aromatic rings. The lowest BCUT2D eigenvalue weighted by Gasteiger charge is -2.09. The molecule has 2 heterocycles. The van der Waals surface area contributed by atoms with Crippen molar-refractivity contribution in [1.29, 1.82) is 0 Å². The molecule has 1 aromatic heterocycles. The number of ether oxygens (including phenoxy) is 2. The highest BCUT2D eigenvalue weighted by Crippen LogP contribution is 2.32. The van der Waals surface area contributed by atoms with Gasteiger partial charge in [-0.2, -0.15) is 0 Å². The fraction of sp³-hybridized carbons (Fsp3) is 0.238. The molecule has 27 heavy (non-hydrogen) atoms. The number of nitrogens with zero attached hydrogens (tertiary/aromatic N) is 3. The standard InChI is InChI=1S/C21H21N3O3/c1-15-19(21(25)24(23(15)2)17-9-4-3-5-10-17)22-14-16-8-6-11-18-20(16)27-13-7-12-26-18/h3-6,8-11,14H,7,12-13H2,1-2H3. The molecule has 138 valence electrons. The molecular formula is C21H21N3O3. The van der Waals surface area contributed by atoms with Gasteiger partial charge in [-0.05, 0) is 31.2 Å². The van der Waals surface area contributed by atoms with Crippen molar-refractivity contribution in [2.45, 2.75) is 13.3 Å². The third-order valence-corrected chi connectivity index (χ3v) is 4.66. The van der Waals surface area contributed by atoms with Crippen molar-refractivity contribution in [3.8, 4) is 17.2 Å². The maximum atomic E-state index is 12.9. The van der Waals surface area contributed by atoms with Gasteiger partial charge in [-0.1, -0.05) is 24.3 Å². The van der Waals surface area contributed by atoms with Crippen LogP contribution in [0, 0.1) is 6.92 Å². The van der Waals surface area contributed by atoms with Gasteiger partial charge in [0.2, 0.25) is 0 Å². The summed E-state index contributed by atoms with van der Waals surface area (Å²) in [7, 11) is 1.86. The molecule has 0 fully saturated rings. The summed E-state index contributed by atoms with van der Waals surface area (Å²) in [6.45, 7) is 3.12. The van der Waals surface area contributed by atoms with Crippen LogP contribution >= 0.6 is 0 Å². The second-order valence-electron chi connectivity index (χ2n) is 6.39. The topological polar surface area (TPSA) is 57.8 Å². The highest BCUT2D eigenvalue weighted by molar-refractivity contribution is 5.87. The van der Waals surface area contributed by atoms with Gasteiger partial charge in [-0.15, -0.1) is 0 Å². The molecular weight excluding hydrogens is 342 g/mol. The van der Waals surface area contributed by atoms with Crippen LogP contribution in [0.15, 0.2) is 58.3 Å². The van der Waals surface area contributed by atoms with Gasteiger partial charge >= 0.3 is 0 Å². The van der Waals surface area contributed by atoms with E-state index in [-0.39, 0.29) is 5.56 Å². The molecule has 0 aliphatic carbocycles. The Morgan fingerprint density at radius 3 is 2.63 bits per heavy atom. The zero-order chi connectivity index (χ0) is 18.8. The first-order valence-corrected chi connectivity index (χ1v) is 8.93.